The Kier molecular flexibility index (Phi) is 2.28. The van der Waals surface area contributed by atoms with Gasteiger partial charge in [-0.3, -0.25) is 4.98 Å². The van der Waals surface area contributed by atoms with Gasteiger partial charge in [0.15, 0.2) is 0 Å². The summed E-state index contributed by atoms with van der Waals surface area (Å²) in [7, 11) is 0. The Labute approximate surface area is 95.9 Å². The SMILES string of the molecule is Cc1cc(N2CCCC2)c2ccccc2n1. The Morgan fingerprint density at radius 3 is 2.69 bits per heavy atom. The molecular weight excluding hydrogens is 196 g/mol. The maximum absolute atomic E-state index is 4.58. The maximum atomic E-state index is 4.58. The molecule has 0 amide bonds. The molecule has 3 rings (SSSR count). The summed E-state index contributed by atoms with van der Waals surface area (Å²) < 4.78 is 0. The van der Waals surface area contributed by atoms with Crippen LogP contribution in [-0.4, -0.2) is 18.1 Å². The topological polar surface area (TPSA) is 16.1 Å². The molecule has 0 unspecified atom stereocenters. The number of rotatable bonds is 1. The molecule has 0 atom stereocenters. The summed E-state index contributed by atoms with van der Waals surface area (Å²) >= 11 is 0. The van der Waals surface area contributed by atoms with E-state index < -0.39 is 0 Å². The molecule has 16 heavy (non-hydrogen) atoms. The Hall–Kier alpha value is -1.57. The van der Waals surface area contributed by atoms with E-state index in [1.165, 1.54) is 37.0 Å². The highest BCUT2D eigenvalue weighted by Gasteiger charge is 2.15. The third-order valence-electron chi connectivity index (χ3n) is 3.27. The van der Waals surface area contributed by atoms with E-state index in [1.807, 2.05) is 0 Å². The molecule has 82 valence electrons. The molecule has 0 N–H and O–H groups in total. The number of fused-ring (bicyclic) bond motifs is 1. The zero-order valence-electron chi connectivity index (χ0n) is 9.61. The Balaban J connectivity index is 2.21. The van der Waals surface area contributed by atoms with Gasteiger partial charge in [-0.1, -0.05) is 18.2 Å². The first kappa shape index (κ1) is 9.64. The molecule has 1 fully saturated rings. The number of aromatic nitrogens is 1. The van der Waals surface area contributed by atoms with Gasteiger partial charge in [-0.2, -0.15) is 0 Å². The summed E-state index contributed by atoms with van der Waals surface area (Å²) in [6.45, 7) is 4.45. The number of aryl methyl sites for hydroxylation is 1. The van der Waals surface area contributed by atoms with Crippen molar-refractivity contribution in [3.63, 3.8) is 0 Å². The van der Waals surface area contributed by atoms with Crippen LogP contribution in [0.2, 0.25) is 0 Å². The highest BCUT2D eigenvalue weighted by Crippen LogP contribution is 2.28. The second-order valence-electron chi connectivity index (χ2n) is 4.49. The molecule has 1 aliphatic rings. The molecule has 2 heteroatoms. The van der Waals surface area contributed by atoms with E-state index in [0.717, 1.165) is 11.2 Å². The van der Waals surface area contributed by atoms with Crippen molar-refractivity contribution in [2.24, 2.45) is 0 Å². The van der Waals surface area contributed by atoms with Crippen LogP contribution in [0, 0.1) is 6.92 Å². The Bertz CT molecular complexity index is 513. The lowest BCUT2D eigenvalue weighted by molar-refractivity contribution is 0.949. The van der Waals surface area contributed by atoms with Crippen molar-refractivity contribution in [3.05, 3.63) is 36.0 Å². The van der Waals surface area contributed by atoms with Crippen molar-refractivity contribution in [3.8, 4) is 0 Å². The highest BCUT2D eigenvalue weighted by molar-refractivity contribution is 5.92. The van der Waals surface area contributed by atoms with Crippen LogP contribution in [-0.2, 0) is 0 Å². The Morgan fingerprint density at radius 1 is 1.12 bits per heavy atom. The molecule has 0 saturated carbocycles. The fourth-order valence-corrected chi connectivity index (χ4v) is 2.51. The van der Waals surface area contributed by atoms with Crippen LogP contribution >= 0.6 is 0 Å². The number of pyridine rings is 1. The summed E-state index contributed by atoms with van der Waals surface area (Å²) in [5.41, 5.74) is 3.59. The minimum absolute atomic E-state index is 1.11. The zero-order valence-corrected chi connectivity index (χ0v) is 9.61. The van der Waals surface area contributed by atoms with Gasteiger partial charge in [-0.25, -0.2) is 0 Å². The van der Waals surface area contributed by atoms with E-state index in [0.29, 0.717) is 0 Å². The van der Waals surface area contributed by atoms with Crippen LogP contribution in [0.15, 0.2) is 30.3 Å². The second kappa shape index (κ2) is 3.78. The van der Waals surface area contributed by atoms with Crippen LogP contribution in [0.5, 0.6) is 0 Å². The van der Waals surface area contributed by atoms with Gasteiger partial charge < -0.3 is 4.90 Å². The van der Waals surface area contributed by atoms with Crippen molar-refractivity contribution in [1.29, 1.82) is 0 Å². The first-order valence-corrected chi connectivity index (χ1v) is 5.96. The number of anilines is 1. The minimum atomic E-state index is 1.11. The monoisotopic (exact) mass is 212 g/mol. The van der Waals surface area contributed by atoms with Crippen LogP contribution in [0.3, 0.4) is 0 Å². The van der Waals surface area contributed by atoms with Gasteiger partial charge >= 0.3 is 0 Å². The van der Waals surface area contributed by atoms with Gasteiger partial charge in [0.25, 0.3) is 0 Å². The average molecular weight is 212 g/mol. The molecule has 1 aromatic heterocycles. The summed E-state index contributed by atoms with van der Waals surface area (Å²) in [5.74, 6) is 0. The minimum Gasteiger partial charge on any atom is -0.371 e. The number of benzene rings is 1. The third-order valence-corrected chi connectivity index (χ3v) is 3.27. The average Bonchev–Trinajstić information content (AvgIpc) is 2.81. The molecule has 2 aromatic rings. The summed E-state index contributed by atoms with van der Waals surface area (Å²) in [6, 6.07) is 10.6. The van der Waals surface area contributed by atoms with E-state index in [-0.39, 0.29) is 0 Å². The van der Waals surface area contributed by atoms with E-state index in [1.54, 1.807) is 0 Å². The van der Waals surface area contributed by atoms with Crippen molar-refractivity contribution < 1.29 is 0 Å². The van der Waals surface area contributed by atoms with Gasteiger partial charge in [0.2, 0.25) is 0 Å². The predicted octanol–water partition coefficient (Wildman–Crippen LogP) is 3.14. The fraction of sp³-hybridized carbons (Fsp3) is 0.357. The van der Waals surface area contributed by atoms with Crippen molar-refractivity contribution in [1.82, 2.24) is 4.98 Å². The molecule has 1 aromatic carbocycles. The first-order valence-electron chi connectivity index (χ1n) is 5.96. The number of hydrogen-bond acceptors (Lipinski definition) is 2. The lowest BCUT2D eigenvalue weighted by Crippen LogP contribution is -2.18. The molecule has 1 aliphatic heterocycles. The van der Waals surface area contributed by atoms with Gasteiger partial charge in [0.05, 0.1) is 5.52 Å². The molecular formula is C14H16N2. The normalized spacial score (nSPS) is 15.9. The maximum Gasteiger partial charge on any atom is 0.0726 e. The quantitative estimate of drug-likeness (QED) is 0.722. The molecule has 1 saturated heterocycles. The second-order valence-corrected chi connectivity index (χ2v) is 4.49. The molecule has 0 radical (unpaired) electrons. The van der Waals surface area contributed by atoms with Crippen molar-refractivity contribution in [2.45, 2.75) is 19.8 Å². The number of nitrogens with zero attached hydrogens (tertiary/aromatic N) is 2. The summed E-state index contributed by atoms with van der Waals surface area (Å²) in [4.78, 5) is 7.06. The first-order chi connectivity index (χ1) is 7.84. The number of hydrogen-bond donors (Lipinski definition) is 0. The van der Waals surface area contributed by atoms with Gasteiger partial charge in [-0.15, -0.1) is 0 Å². The molecule has 0 bridgehead atoms. The van der Waals surface area contributed by atoms with Crippen molar-refractivity contribution >= 4 is 16.6 Å². The predicted molar refractivity (Wildman–Crippen MR) is 67.9 cm³/mol. The lowest BCUT2D eigenvalue weighted by atomic mass is 10.1. The van der Waals surface area contributed by atoms with E-state index >= 15 is 0 Å². The molecule has 2 nitrogen and oxygen atoms in total. The van der Waals surface area contributed by atoms with E-state index in [9.17, 15) is 0 Å². The lowest BCUT2D eigenvalue weighted by Gasteiger charge is -2.20. The van der Waals surface area contributed by atoms with Crippen LogP contribution in [0.1, 0.15) is 18.5 Å². The third kappa shape index (κ3) is 1.54. The van der Waals surface area contributed by atoms with Gasteiger partial charge in [-0.05, 0) is 31.9 Å². The molecule has 2 heterocycles. The van der Waals surface area contributed by atoms with Gasteiger partial charge in [0.1, 0.15) is 0 Å². The molecule has 0 spiro atoms. The summed E-state index contributed by atoms with van der Waals surface area (Å²) in [6.07, 6.45) is 2.63. The summed E-state index contributed by atoms with van der Waals surface area (Å²) in [5, 5.41) is 1.29. The zero-order chi connectivity index (χ0) is 11.0. The van der Waals surface area contributed by atoms with Crippen LogP contribution < -0.4 is 4.90 Å². The van der Waals surface area contributed by atoms with E-state index in [2.05, 4.69) is 47.1 Å². The fourth-order valence-electron chi connectivity index (χ4n) is 2.51. The Morgan fingerprint density at radius 2 is 1.88 bits per heavy atom. The van der Waals surface area contributed by atoms with Crippen LogP contribution in [0.4, 0.5) is 5.69 Å². The largest absolute Gasteiger partial charge is 0.371 e. The van der Waals surface area contributed by atoms with Crippen LogP contribution in [0.25, 0.3) is 10.9 Å². The standard InChI is InChI=1S/C14H16N2/c1-11-10-14(16-8-4-5-9-16)12-6-2-3-7-13(12)15-11/h2-3,6-7,10H,4-5,8-9H2,1H3. The number of para-hydroxylation sites is 1. The van der Waals surface area contributed by atoms with Crippen molar-refractivity contribution in [2.75, 3.05) is 18.0 Å². The highest BCUT2D eigenvalue weighted by atomic mass is 15.1. The van der Waals surface area contributed by atoms with Gasteiger partial charge in [0, 0.05) is 29.9 Å². The van der Waals surface area contributed by atoms with E-state index in [4.69, 9.17) is 0 Å². The smallest absolute Gasteiger partial charge is 0.0726 e. The molecule has 0 aliphatic carbocycles.